The molecule has 1 rings (SSSR count). The smallest absolute Gasteiger partial charge is 0.251 e. The Kier molecular flexibility index (Phi) is 3.54. The van der Waals surface area contributed by atoms with E-state index >= 15 is 0 Å². The number of aryl methyl sites for hydroxylation is 1. The van der Waals surface area contributed by atoms with Gasteiger partial charge in [0.25, 0.3) is 5.56 Å². The zero-order valence-corrected chi connectivity index (χ0v) is 8.94. The first-order valence-corrected chi connectivity index (χ1v) is 5.26. The van der Waals surface area contributed by atoms with Crippen molar-refractivity contribution in [1.29, 1.82) is 0 Å². The van der Waals surface area contributed by atoms with E-state index in [4.69, 9.17) is 0 Å². The van der Waals surface area contributed by atoms with Crippen molar-refractivity contribution in [2.24, 2.45) is 0 Å². The summed E-state index contributed by atoms with van der Waals surface area (Å²) >= 11 is 1.58. The molecule has 0 aliphatic heterocycles. The fourth-order valence-electron chi connectivity index (χ4n) is 0.944. The van der Waals surface area contributed by atoms with Gasteiger partial charge in [-0.1, -0.05) is 32.5 Å². The lowest BCUT2D eigenvalue weighted by Gasteiger charge is -2.04. The van der Waals surface area contributed by atoms with E-state index in [0.29, 0.717) is 5.25 Å². The zero-order valence-electron chi connectivity index (χ0n) is 8.13. The number of aromatic nitrogens is 2. The molecule has 1 aromatic rings. The second kappa shape index (κ2) is 4.46. The lowest BCUT2D eigenvalue weighted by molar-refractivity contribution is 0.864. The summed E-state index contributed by atoms with van der Waals surface area (Å²) in [6, 6.07) is 1.55. The van der Waals surface area contributed by atoms with Gasteiger partial charge in [-0.3, -0.25) is 4.79 Å². The molecule has 1 heterocycles. The van der Waals surface area contributed by atoms with Crippen LogP contribution in [0.15, 0.2) is 16.0 Å². The molecule has 0 radical (unpaired) electrons. The fraction of sp³-hybridized carbons (Fsp3) is 0.556. The number of H-pyrrole nitrogens is 1. The molecular weight excluding hydrogens is 184 g/mol. The van der Waals surface area contributed by atoms with Crippen molar-refractivity contribution >= 4 is 11.8 Å². The van der Waals surface area contributed by atoms with Crippen molar-refractivity contribution in [3.05, 3.63) is 22.1 Å². The van der Waals surface area contributed by atoms with Gasteiger partial charge in [0.1, 0.15) is 0 Å². The molecule has 0 spiro atoms. The summed E-state index contributed by atoms with van der Waals surface area (Å²) in [5.74, 6) is 0. The number of hydrogen-bond donors (Lipinski definition) is 1. The third-order valence-electron chi connectivity index (χ3n) is 1.48. The van der Waals surface area contributed by atoms with Crippen LogP contribution < -0.4 is 5.56 Å². The summed E-state index contributed by atoms with van der Waals surface area (Å²) in [5, 5.41) is 1.16. The predicted molar refractivity (Wildman–Crippen MR) is 55.2 cm³/mol. The van der Waals surface area contributed by atoms with Gasteiger partial charge in [-0.25, -0.2) is 4.98 Å². The number of hydrogen-bond acceptors (Lipinski definition) is 3. The van der Waals surface area contributed by atoms with Crippen LogP contribution in [0.3, 0.4) is 0 Å². The highest BCUT2D eigenvalue weighted by Crippen LogP contribution is 2.17. The minimum Gasteiger partial charge on any atom is -0.301 e. The molecule has 1 aromatic heterocycles. The van der Waals surface area contributed by atoms with Gasteiger partial charge in [0.05, 0.1) is 0 Å². The molecule has 0 aliphatic rings. The SMILES string of the molecule is CCc1cc(=O)[nH]c(SC(C)C)n1. The Labute approximate surface area is 82.0 Å². The predicted octanol–water partition coefficient (Wildman–Crippen LogP) is 1.83. The third kappa shape index (κ3) is 3.22. The first kappa shape index (κ1) is 10.3. The number of aromatic amines is 1. The minimum absolute atomic E-state index is 0.0602. The molecule has 1 N–H and O–H groups in total. The number of rotatable bonds is 3. The van der Waals surface area contributed by atoms with Crippen LogP contribution in [-0.4, -0.2) is 15.2 Å². The molecule has 3 nitrogen and oxygen atoms in total. The van der Waals surface area contributed by atoms with Gasteiger partial charge >= 0.3 is 0 Å². The maximum Gasteiger partial charge on any atom is 0.251 e. The highest BCUT2D eigenvalue weighted by molar-refractivity contribution is 7.99. The quantitative estimate of drug-likeness (QED) is 0.595. The summed E-state index contributed by atoms with van der Waals surface area (Å²) in [7, 11) is 0. The molecule has 13 heavy (non-hydrogen) atoms. The van der Waals surface area contributed by atoms with Crippen LogP contribution >= 0.6 is 11.8 Å². The van der Waals surface area contributed by atoms with Crippen molar-refractivity contribution in [2.45, 2.75) is 37.6 Å². The summed E-state index contributed by atoms with van der Waals surface area (Å²) in [6.07, 6.45) is 0.801. The van der Waals surface area contributed by atoms with Crippen LogP contribution in [0.1, 0.15) is 26.5 Å². The van der Waals surface area contributed by atoms with Gasteiger partial charge in [-0.2, -0.15) is 0 Å². The molecule has 72 valence electrons. The van der Waals surface area contributed by atoms with Crippen LogP contribution in [0.5, 0.6) is 0 Å². The van der Waals surface area contributed by atoms with Crippen LogP contribution in [0.4, 0.5) is 0 Å². The highest BCUT2D eigenvalue weighted by atomic mass is 32.2. The standard InChI is InChI=1S/C9H14N2OS/c1-4-7-5-8(12)11-9(10-7)13-6(2)3/h5-6H,4H2,1-3H3,(H,10,11,12). The average molecular weight is 198 g/mol. The van der Waals surface area contributed by atoms with E-state index < -0.39 is 0 Å². The van der Waals surface area contributed by atoms with Gasteiger partial charge < -0.3 is 4.98 Å². The molecule has 0 saturated heterocycles. The van der Waals surface area contributed by atoms with E-state index in [-0.39, 0.29) is 5.56 Å². The molecule has 0 aromatic carbocycles. The van der Waals surface area contributed by atoms with E-state index in [1.165, 1.54) is 0 Å². The Hall–Kier alpha value is -0.770. The van der Waals surface area contributed by atoms with E-state index in [9.17, 15) is 4.79 Å². The fourth-order valence-corrected chi connectivity index (χ4v) is 1.72. The van der Waals surface area contributed by atoms with Crippen molar-refractivity contribution in [3.8, 4) is 0 Å². The van der Waals surface area contributed by atoms with E-state index in [1.54, 1.807) is 17.8 Å². The summed E-state index contributed by atoms with van der Waals surface area (Å²) in [5.41, 5.74) is 0.793. The zero-order chi connectivity index (χ0) is 9.84. The number of nitrogens with zero attached hydrogens (tertiary/aromatic N) is 1. The first-order chi connectivity index (χ1) is 6.11. The molecule has 0 bridgehead atoms. The van der Waals surface area contributed by atoms with Gasteiger partial charge in [0, 0.05) is 17.0 Å². The van der Waals surface area contributed by atoms with E-state index in [2.05, 4.69) is 23.8 Å². The van der Waals surface area contributed by atoms with Crippen molar-refractivity contribution < 1.29 is 0 Å². The number of thioether (sulfide) groups is 1. The molecule has 0 atom stereocenters. The average Bonchev–Trinajstić information content (AvgIpc) is 2.01. The van der Waals surface area contributed by atoms with Crippen molar-refractivity contribution in [3.63, 3.8) is 0 Å². The molecule has 0 aliphatic carbocycles. The van der Waals surface area contributed by atoms with Gasteiger partial charge in [-0.05, 0) is 6.42 Å². The minimum atomic E-state index is -0.0602. The topological polar surface area (TPSA) is 45.8 Å². The molecular formula is C9H14N2OS. The largest absolute Gasteiger partial charge is 0.301 e. The Bertz CT molecular complexity index is 333. The molecule has 0 saturated carbocycles. The van der Waals surface area contributed by atoms with Gasteiger partial charge in [0.2, 0.25) is 0 Å². The summed E-state index contributed by atoms with van der Waals surface area (Å²) in [4.78, 5) is 18.2. The summed E-state index contributed by atoms with van der Waals surface area (Å²) in [6.45, 7) is 6.14. The Balaban J connectivity index is 2.95. The molecule has 0 fully saturated rings. The van der Waals surface area contributed by atoms with E-state index in [0.717, 1.165) is 17.3 Å². The lowest BCUT2D eigenvalue weighted by Crippen LogP contribution is -2.10. The normalized spacial score (nSPS) is 10.8. The maximum absolute atomic E-state index is 11.1. The van der Waals surface area contributed by atoms with Gasteiger partial charge in [0.15, 0.2) is 5.16 Å². The van der Waals surface area contributed by atoms with Crippen LogP contribution in [0.2, 0.25) is 0 Å². The third-order valence-corrected chi connectivity index (χ3v) is 2.37. The highest BCUT2D eigenvalue weighted by Gasteiger charge is 2.02. The monoisotopic (exact) mass is 198 g/mol. The molecule has 0 unspecified atom stereocenters. The van der Waals surface area contributed by atoms with Gasteiger partial charge in [-0.15, -0.1) is 0 Å². The molecule has 0 amide bonds. The summed E-state index contributed by atoms with van der Waals surface area (Å²) < 4.78 is 0. The molecule has 4 heteroatoms. The Morgan fingerprint density at radius 3 is 2.85 bits per heavy atom. The van der Waals surface area contributed by atoms with Crippen molar-refractivity contribution in [1.82, 2.24) is 9.97 Å². The van der Waals surface area contributed by atoms with Crippen molar-refractivity contribution in [2.75, 3.05) is 0 Å². The van der Waals surface area contributed by atoms with Crippen LogP contribution in [-0.2, 0) is 6.42 Å². The first-order valence-electron chi connectivity index (χ1n) is 4.38. The Morgan fingerprint density at radius 2 is 2.31 bits per heavy atom. The number of nitrogens with one attached hydrogen (secondary N) is 1. The Morgan fingerprint density at radius 1 is 1.62 bits per heavy atom. The second-order valence-corrected chi connectivity index (χ2v) is 4.63. The van der Waals surface area contributed by atoms with Crippen LogP contribution in [0, 0.1) is 0 Å². The van der Waals surface area contributed by atoms with Crippen LogP contribution in [0.25, 0.3) is 0 Å². The lowest BCUT2D eigenvalue weighted by atomic mass is 10.3. The van der Waals surface area contributed by atoms with E-state index in [1.807, 2.05) is 6.92 Å². The second-order valence-electron chi connectivity index (χ2n) is 3.06. The maximum atomic E-state index is 11.1.